The molecule has 11 heteroatoms. The molecule has 1 aliphatic carbocycles. The number of pyridine rings is 3. The monoisotopic (exact) mass is 513 g/mol. The van der Waals surface area contributed by atoms with Crippen LogP contribution in [0.4, 0.5) is 19.0 Å². The SMILES string of the molecule is O=C1COc2ccc(CNC34CCC(CCc5ccnc6ccc(C(F)(F)F)nc56)(CC3)OC4)nc2N1. The minimum atomic E-state index is -4.50. The molecule has 1 saturated carbocycles. The van der Waals surface area contributed by atoms with E-state index in [9.17, 15) is 18.0 Å². The molecule has 3 aromatic heterocycles. The Morgan fingerprint density at radius 3 is 2.65 bits per heavy atom. The van der Waals surface area contributed by atoms with Gasteiger partial charge in [0.2, 0.25) is 0 Å². The number of hydrogen-bond acceptors (Lipinski definition) is 7. The molecular formula is C26H26F3N5O3. The summed E-state index contributed by atoms with van der Waals surface area (Å²) >= 11 is 0. The zero-order valence-corrected chi connectivity index (χ0v) is 20.0. The highest BCUT2D eigenvalue weighted by Gasteiger charge is 2.49. The number of aromatic nitrogens is 3. The van der Waals surface area contributed by atoms with Crippen LogP contribution in [0.5, 0.6) is 5.75 Å². The van der Waals surface area contributed by atoms with Crippen molar-refractivity contribution in [3.63, 3.8) is 0 Å². The number of aryl methyl sites for hydroxylation is 1. The van der Waals surface area contributed by atoms with Crippen LogP contribution in [-0.4, -0.2) is 45.2 Å². The third kappa shape index (κ3) is 4.73. The number of amides is 1. The number of rotatable bonds is 6. The number of ether oxygens (including phenoxy) is 2. The van der Waals surface area contributed by atoms with Gasteiger partial charge in [0.05, 0.1) is 28.9 Å². The molecular weight excluding hydrogens is 487 g/mol. The van der Waals surface area contributed by atoms with Crippen molar-refractivity contribution in [2.45, 2.75) is 62.4 Å². The first-order valence-electron chi connectivity index (χ1n) is 12.4. The molecule has 194 valence electrons. The fourth-order valence-corrected chi connectivity index (χ4v) is 5.50. The van der Waals surface area contributed by atoms with E-state index in [0.717, 1.165) is 43.0 Å². The summed E-state index contributed by atoms with van der Waals surface area (Å²) in [6.07, 6.45) is 2.01. The molecule has 1 amide bonds. The van der Waals surface area contributed by atoms with Gasteiger partial charge >= 0.3 is 6.18 Å². The molecule has 0 aromatic carbocycles. The highest BCUT2D eigenvalue weighted by molar-refractivity contribution is 5.94. The Morgan fingerprint density at radius 1 is 1.05 bits per heavy atom. The standard InChI is InChI=1S/C26H26F3N5O3/c27-26(28,29)20-4-2-18-22(33-20)16(6-12-30-18)5-7-25-10-8-24(9-11-25,15-37-25)31-13-17-1-3-19-23(32-17)34-21(35)14-36-19/h1-4,6,12,31H,5,7-11,13-15H2,(H,32,34,35). The van der Waals surface area contributed by atoms with Crippen molar-refractivity contribution >= 4 is 22.8 Å². The Hall–Kier alpha value is -3.31. The van der Waals surface area contributed by atoms with Crippen molar-refractivity contribution in [2.75, 3.05) is 18.5 Å². The van der Waals surface area contributed by atoms with Gasteiger partial charge in [-0.1, -0.05) is 0 Å². The number of nitrogens with zero attached hydrogens (tertiary/aromatic N) is 3. The number of anilines is 1. The number of halogens is 3. The van der Waals surface area contributed by atoms with Gasteiger partial charge in [-0.05, 0) is 74.4 Å². The lowest BCUT2D eigenvalue weighted by Crippen LogP contribution is -2.61. The number of nitrogens with one attached hydrogen (secondary N) is 2. The molecule has 37 heavy (non-hydrogen) atoms. The van der Waals surface area contributed by atoms with Crippen LogP contribution in [0.15, 0.2) is 36.5 Å². The molecule has 8 nitrogen and oxygen atoms in total. The molecule has 2 bridgehead atoms. The molecule has 4 aliphatic rings. The van der Waals surface area contributed by atoms with Crippen LogP contribution in [0.3, 0.4) is 0 Å². The van der Waals surface area contributed by atoms with Gasteiger partial charge in [-0.3, -0.25) is 9.78 Å². The van der Waals surface area contributed by atoms with Gasteiger partial charge in [0.25, 0.3) is 5.91 Å². The second-order valence-electron chi connectivity index (χ2n) is 10.1. The van der Waals surface area contributed by atoms with Crippen LogP contribution < -0.4 is 15.4 Å². The number of fused-ring (bicyclic) bond motifs is 5. The van der Waals surface area contributed by atoms with Crippen molar-refractivity contribution in [3.8, 4) is 5.75 Å². The largest absolute Gasteiger partial charge is 0.480 e. The molecule has 0 atom stereocenters. The Balaban J connectivity index is 1.09. The van der Waals surface area contributed by atoms with E-state index in [4.69, 9.17) is 9.47 Å². The van der Waals surface area contributed by atoms with Crippen molar-refractivity contribution in [3.05, 3.63) is 53.5 Å². The quantitative estimate of drug-likeness (QED) is 0.510. The maximum Gasteiger partial charge on any atom is 0.433 e. The predicted octanol–water partition coefficient (Wildman–Crippen LogP) is 4.18. The zero-order chi connectivity index (χ0) is 25.7. The van der Waals surface area contributed by atoms with E-state index in [1.165, 1.54) is 6.07 Å². The first-order valence-corrected chi connectivity index (χ1v) is 12.4. The maximum atomic E-state index is 13.2. The topological polar surface area (TPSA) is 98.3 Å². The zero-order valence-electron chi connectivity index (χ0n) is 20.0. The normalized spacial score (nSPS) is 25.0. The highest BCUT2D eigenvalue weighted by Crippen LogP contribution is 2.46. The first-order chi connectivity index (χ1) is 17.7. The van der Waals surface area contributed by atoms with Gasteiger partial charge < -0.3 is 20.1 Å². The van der Waals surface area contributed by atoms with Crippen LogP contribution in [0.2, 0.25) is 0 Å². The number of carbonyl (C=O) groups excluding carboxylic acids is 1. The van der Waals surface area contributed by atoms with Gasteiger partial charge in [0.1, 0.15) is 5.69 Å². The molecule has 7 rings (SSSR count). The van der Waals surface area contributed by atoms with E-state index >= 15 is 0 Å². The van der Waals surface area contributed by atoms with Crippen molar-refractivity contribution in [2.24, 2.45) is 0 Å². The molecule has 0 unspecified atom stereocenters. The van der Waals surface area contributed by atoms with Crippen LogP contribution in [-0.2, 0) is 28.7 Å². The Kier molecular flexibility index (Phi) is 5.79. The lowest BCUT2D eigenvalue weighted by Gasteiger charge is -2.53. The summed E-state index contributed by atoms with van der Waals surface area (Å²) in [5.74, 6) is 0.789. The summed E-state index contributed by atoms with van der Waals surface area (Å²) in [5.41, 5.74) is 0.980. The van der Waals surface area contributed by atoms with Gasteiger partial charge in [-0.2, -0.15) is 13.2 Å². The van der Waals surface area contributed by atoms with Gasteiger partial charge in [0.15, 0.2) is 18.2 Å². The summed E-state index contributed by atoms with van der Waals surface area (Å²) in [6, 6.07) is 7.80. The molecule has 2 saturated heterocycles. The number of hydrogen-bond donors (Lipinski definition) is 2. The predicted molar refractivity (Wildman–Crippen MR) is 128 cm³/mol. The van der Waals surface area contributed by atoms with Crippen LogP contribution in [0.1, 0.15) is 49.1 Å². The average molecular weight is 514 g/mol. The minimum absolute atomic E-state index is 0.00301. The molecule has 3 fully saturated rings. The third-order valence-electron chi connectivity index (χ3n) is 7.76. The third-order valence-corrected chi connectivity index (χ3v) is 7.76. The number of carbonyl (C=O) groups is 1. The molecule has 0 spiro atoms. The summed E-state index contributed by atoms with van der Waals surface area (Å²) in [5, 5.41) is 6.36. The van der Waals surface area contributed by atoms with Gasteiger partial charge in [-0.25, -0.2) is 9.97 Å². The smallest absolute Gasteiger partial charge is 0.433 e. The van der Waals surface area contributed by atoms with Crippen molar-refractivity contribution in [1.29, 1.82) is 0 Å². The summed E-state index contributed by atoms with van der Waals surface area (Å²) in [4.78, 5) is 24.2. The number of alkyl halides is 3. The second kappa shape index (κ2) is 8.91. The van der Waals surface area contributed by atoms with E-state index in [0.29, 0.717) is 48.6 Å². The first kappa shape index (κ1) is 24.1. The van der Waals surface area contributed by atoms with Gasteiger partial charge in [0, 0.05) is 18.3 Å². The fourth-order valence-electron chi connectivity index (χ4n) is 5.50. The van der Waals surface area contributed by atoms with Crippen LogP contribution >= 0.6 is 0 Å². The molecule has 2 N–H and O–H groups in total. The lowest BCUT2D eigenvalue weighted by atomic mass is 9.69. The molecule has 0 radical (unpaired) electrons. The van der Waals surface area contributed by atoms with E-state index < -0.39 is 11.9 Å². The minimum Gasteiger partial charge on any atom is -0.480 e. The van der Waals surface area contributed by atoms with E-state index in [-0.39, 0.29) is 23.7 Å². The van der Waals surface area contributed by atoms with E-state index in [1.807, 2.05) is 12.1 Å². The fraction of sp³-hybridized carbons (Fsp3) is 0.462. The van der Waals surface area contributed by atoms with Crippen LogP contribution in [0, 0.1) is 0 Å². The lowest BCUT2D eigenvalue weighted by molar-refractivity contribution is -0.165. The van der Waals surface area contributed by atoms with E-state index in [2.05, 4.69) is 25.6 Å². The second-order valence-corrected chi connectivity index (χ2v) is 10.1. The summed E-state index contributed by atoms with van der Waals surface area (Å²) in [7, 11) is 0. The van der Waals surface area contributed by atoms with Gasteiger partial charge in [-0.15, -0.1) is 0 Å². The Labute approximate surface area is 211 Å². The van der Waals surface area contributed by atoms with E-state index in [1.54, 1.807) is 12.3 Å². The molecule has 3 aliphatic heterocycles. The van der Waals surface area contributed by atoms with Crippen LogP contribution in [0.25, 0.3) is 11.0 Å². The molecule has 6 heterocycles. The highest BCUT2D eigenvalue weighted by atomic mass is 19.4. The summed E-state index contributed by atoms with van der Waals surface area (Å²) in [6.45, 7) is 1.10. The summed E-state index contributed by atoms with van der Waals surface area (Å²) < 4.78 is 51.4. The van der Waals surface area contributed by atoms with Crippen molar-refractivity contribution < 1.29 is 27.4 Å². The Bertz CT molecular complexity index is 1340. The van der Waals surface area contributed by atoms with Crippen molar-refractivity contribution in [1.82, 2.24) is 20.3 Å². The molecule has 3 aromatic rings. The maximum absolute atomic E-state index is 13.2. The Morgan fingerprint density at radius 2 is 1.89 bits per heavy atom. The average Bonchev–Trinajstić information content (AvgIpc) is 2.91.